The summed E-state index contributed by atoms with van der Waals surface area (Å²) in [6, 6.07) is 24.3. The summed E-state index contributed by atoms with van der Waals surface area (Å²) in [5.74, 6) is -5.88. The number of carbonyl (C=O) groups is 4. The quantitative estimate of drug-likeness (QED) is 0.0875. The van der Waals surface area contributed by atoms with Gasteiger partial charge in [-0.3, -0.25) is 29.3 Å². The summed E-state index contributed by atoms with van der Waals surface area (Å²) in [6.45, 7) is 0. The van der Waals surface area contributed by atoms with Crippen molar-refractivity contribution in [3.63, 3.8) is 0 Å². The van der Waals surface area contributed by atoms with E-state index >= 15 is 4.79 Å². The monoisotopic (exact) mass is 759 g/mol. The minimum atomic E-state index is -1.48. The molecule has 278 valence electrons. The minimum Gasteiger partial charge on any atom is -0.502 e. The summed E-state index contributed by atoms with van der Waals surface area (Å²) in [7, 11) is 2.83. The SMILES string of the molecule is COc1cc(C=C[C@H]2C3=CC[C@@H]4C(=O)N(c5cccc([N+](=O)[O-])c5)C(=O)[C@@H]4[C@@H]3C[C@H]3C(=O)N(c4cccc(Cl)c4)C(=O)[C@@]23c2ccccc2)cc(OC)c1O. The lowest BCUT2D eigenvalue weighted by Crippen LogP contribution is -2.54. The Kier molecular flexibility index (Phi) is 8.80. The number of anilines is 2. The summed E-state index contributed by atoms with van der Waals surface area (Å²) < 4.78 is 10.8. The maximum absolute atomic E-state index is 15.3. The van der Waals surface area contributed by atoms with Gasteiger partial charge in [-0.15, -0.1) is 0 Å². The number of rotatable bonds is 8. The van der Waals surface area contributed by atoms with Gasteiger partial charge in [0.05, 0.1) is 53.7 Å². The van der Waals surface area contributed by atoms with Crippen LogP contribution in [0.15, 0.2) is 109 Å². The first-order chi connectivity index (χ1) is 26.5. The molecule has 0 radical (unpaired) electrons. The maximum Gasteiger partial charge on any atom is 0.271 e. The molecule has 4 aromatic rings. The van der Waals surface area contributed by atoms with Crippen molar-refractivity contribution in [3.8, 4) is 17.2 Å². The molecular weight excluding hydrogens is 726 g/mol. The van der Waals surface area contributed by atoms with Crippen LogP contribution in [0, 0.1) is 39.7 Å². The van der Waals surface area contributed by atoms with Crippen LogP contribution in [-0.4, -0.2) is 47.9 Å². The molecule has 2 saturated heterocycles. The van der Waals surface area contributed by atoms with Crippen molar-refractivity contribution in [1.29, 1.82) is 0 Å². The van der Waals surface area contributed by atoms with Crippen LogP contribution in [0.25, 0.3) is 6.08 Å². The van der Waals surface area contributed by atoms with E-state index in [2.05, 4.69) is 0 Å². The average molecular weight is 760 g/mol. The molecule has 55 heavy (non-hydrogen) atoms. The van der Waals surface area contributed by atoms with Gasteiger partial charge in [-0.05, 0) is 66.3 Å². The largest absolute Gasteiger partial charge is 0.502 e. The predicted molar refractivity (Wildman–Crippen MR) is 203 cm³/mol. The lowest BCUT2D eigenvalue weighted by atomic mass is 9.50. The highest BCUT2D eigenvalue weighted by Crippen LogP contribution is 2.62. The van der Waals surface area contributed by atoms with Crippen LogP contribution in [0.2, 0.25) is 5.02 Å². The molecule has 0 aromatic heterocycles. The molecule has 2 aliphatic heterocycles. The Balaban J connectivity index is 1.32. The van der Waals surface area contributed by atoms with Gasteiger partial charge < -0.3 is 14.6 Å². The third-order valence-electron chi connectivity index (χ3n) is 11.5. The second-order valence-corrected chi connectivity index (χ2v) is 14.5. The van der Waals surface area contributed by atoms with Crippen LogP contribution < -0.4 is 19.3 Å². The first-order valence-electron chi connectivity index (χ1n) is 17.7. The summed E-state index contributed by atoms with van der Waals surface area (Å²) in [6.07, 6.45) is 5.78. The number of fused-ring (bicyclic) bond motifs is 4. The number of aromatic hydroxyl groups is 1. The molecule has 2 heterocycles. The van der Waals surface area contributed by atoms with E-state index in [0.717, 1.165) is 10.5 Å². The fraction of sp³-hybridized carbons (Fsp3) is 0.238. The Morgan fingerprint density at radius 2 is 1.51 bits per heavy atom. The van der Waals surface area contributed by atoms with Crippen molar-refractivity contribution in [2.45, 2.75) is 18.3 Å². The van der Waals surface area contributed by atoms with Crippen molar-refractivity contribution in [2.75, 3.05) is 24.0 Å². The Labute approximate surface area is 320 Å². The Hall–Kier alpha value is -6.27. The number of benzene rings is 4. The van der Waals surface area contributed by atoms with Gasteiger partial charge in [0.2, 0.25) is 29.4 Å². The number of phenols is 1. The molecule has 4 aromatic carbocycles. The molecule has 1 saturated carbocycles. The highest BCUT2D eigenvalue weighted by atomic mass is 35.5. The number of allylic oxidation sites excluding steroid dienone is 3. The molecule has 13 heteroatoms. The van der Waals surface area contributed by atoms with Crippen LogP contribution in [0.1, 0.15) is 24.0 Å². The number of hydrogen-bond donors (Lipinski definition) is 1. The van der Waals surface area contributed by atoms with E-state index in [1.54, 1.807) is 42.5 Å². The zero-order valence-corrected chi connectivity index (χ0v) is 30.4. The third kappa shape index (κ3) is 5.42. The van der Waals surface area contributed by atoms with E-state index in [1.165, 1.54) is 43.4 Å². The molecular formula is C42H34ClN3O9. The van der Waals surface area contributed by atoms with Gasteiger partial charge in [0.15, 0.2) is 11.5 Å². The van der Waals surface area contributed by atoms with Crippen molar-refractivity contribution in [3.05, 3.63) is 135 Å². The van der Waals surface area contributed by atoms with Gasteiger partial charge in [0.1, 0.15) is 0 Å². The molecule has 1 N–H and O–H groups in total. The normalized spacial score (nSPS) is 25.8. The Bertz CT molecular complexity index is 2340. The highest BCUT2D eigenvalue weighted by Gasteiger charge is 2.69. The second kappa shape index (κ2) is 13.5. The van der Waals surface area contributed by atoms with Gasteiger partial charge in [-0.2, -0.15) is 0 Å². The van der Waals surface area contributed by atoms with Crippen LogP contribution >= 0.6 is 11.6 Å². The lowest BCUT2D eigenvalue weighted by Gasteiger charge is -2.49. The van der Waals surface area contributed by atoms with Gasteiger partial charge in [0.25, 0.3) is 5.69 Å². The van der Waals surface area contributed by atoms with E-state index in [1.807, 2.05) is 42.5 Å². The summed E-state index contributed by atoms with van der Waals surface area (Å²) in [4.78, 5) is 72.0. The van der Waals surface area contributed by atoms with Crippen molar-refractivity contribution < 1.29 is 38.7 Å². The van der Waals surface area contributed by atoms with Crippen LogP contribution in [0.3, 0.4) is 0 Å². The number of nitrogens with zero attached hydrogens (tertiary/aromatic N) is 3. The molecule has 12 nitrogen and oxygen atoms in total. The molecule has 0 unspecified atom stereocenters. The molecule has 0 spiro atoms. The Morgan fingerprint density at radius 3 is 2.16 bits per heavy atom. The number of ether oxygens (including phenoxy) is 2. The number of imide groups is 2. The zero-order chi connectivity index (χ0) is 38.8. The van der Waals surface area contributed by atoms with Gasteiger partial charge in [-0.25, -0.2) is 9.80 Å². The van der Waals surface area contributed by atoms with Crippen molar-refractivity contribution >= 4 is 58.4 Å². The van der Waals surface area contributed by atoms with Gasteiger partial charge in [0, 0.05) is 23.1 Å². The topological polar surface area (TPSA) is 157 Å². The number of phenolic OH excluding ortho intramolecular Hbond substituents is 1. The molecule has 3 fully saturated rings. The first kappa shape index (κ1) is 35.7. The fourth-order valence-electron chi connectivity index (χ4n) is 9.21. The molecule has 4 aliphatic rings. The molecule has 4 amide bonds. The highest BCUT2D eigenvalue weighted by molar-refractivity contribution is 6.32. The van der Waals surface area contributed by atoms with Crippen LogP contribution in [0.5, 0.6) is 17.2 Å². The van der Waals surface area contributed by atoms with Crippen LogP contribution in [-0.2, 0) is 24.6 Å². The third-order valence-corrected chi connectivity index (χ3v) is 11.7. The lowest BCUT2D eigenvalue weighted by molar-refractivity contribution is -0.384. The molecule has 2 aliphatic carbocycles. The minimum absolute atomic E-state index is 0.0799. The van der Waals surface area contributed by atoms with Gasteiger partial charge in [-0.1, -0.05) is 77.9 Å². The maximum atomic E-state index is 15.3. The van der Waals surface area contributed by atoms with E-state index < -0.39 is 63.6 Å². The molecule has 8 rings (SSSR count). The molecule has 6 atom stereocenters. The first-order valence-corrected chi connectivity index (χ1v) is 18.0. The predicted octanol–water partition coefficient (Wildman–Crippen LogP) is 6.88. The number of nitro groups is 1. The van der Waals surface area contributed by atoms with E-state index in [9.17, 15) is 29.6 Å². The van der Waals surface area contributed by atoms with Crippen molar-refractivity contribution in [1.82, 2.24) is 0 Å². The summed E-state index contributed by atoms with van der Waals surface area (Å²) in [5, 5.41) is 22.6. The van der Waals surface area contributed by atoms with E-state index in [4.69, 9.17) is 21.1 Å². The zero-order valence-electron chi connectivity index (χ0n) is 29.6. The molecule has 0 bridgehead atoms. The number of hydrogen-bond acceptors (Lipinski definition) is 9. The summed E-state index contributed by atoms with van der Waals surface area (Å²) >= 11 is 6.39. The number of non-ortho nitro benzene ring substituents is 1. The number of nitro benzene ring substituents is 1. The van der Waals surface area contributed by atoms with E-state index in [-0.39, 0.29) is 41.5 Å². The smallest absolute Gasteiger partial charge is 0.271 e. The van der Waals surface area contributed by atoms with Crippen molar-refractivity contribution in [2.24, 2.45) is 29.6 Å². The van der Waals surface area contributed by atoms with Gasteiger partial charge >= 0.3 is 0 Å². The number of amides is 4. The van der Waals surface area contributed by atoms with Crippen LogP contribution in [0.4, 0.5) is 17.1 Å². The Morgan fingerprint density at radius 1 is 0.836 bits per heavy atom. The number of carbonyl (C=O) groups excluding carboxylic acids is 4. The van der Waals surface area contributed by atoms with E-state index in [0.29, 0.717) is 21.8 Å². The number of halogens is 1. The fourth-order valence-corrected chi connectivity index (χ4v) is 9.39. The average Bonchev–Trinajstić information content (AvgIpc) is 3.58. The number of methoxy groups -OCH3 is 2. The standard InChI is InChI=1S/C42H34ClN3O9/c1-54-34-18-23(19-35(55-2)37(34)47)14-17-32-29-15-16-30-36(40(50)44(38(30)48)27-12-7-13-28(21-27)46(52)53)31(29)22-33-39(49)45(26-11-6-10-25(43)20-26)41(51)42(32,33)24-8-4-3-5-9-24/h3-15,17-21,30-33,36,47H,16,22H2,1-2H3/t30-,31+,32-,33-,36-,42-/m0/s1. The second-order valence-electron chi connectivity index (χ2n) is 14.1. The summed E-state index contributed by atoms with van der Waals surface area (Å²) in [5.41, 5.74) is 0.555.